The fraction of sp³-hybridized carbons (Fsp3) is 0.600. The lowest BCUT2D eigenvalue weighted by Crippen LogP contribution is -2.34. The van der Waals surface area contributed by atoms with Crippen LogP contribution in [0.25, 0.3) is 0 Å². The molecule has 13 heavy (non-hydrogen) atoms. The summed E-state index contributed by atoms with van der Waals surface area (Å²) in [4.78, 5) is 0. The molecule has 1 heterocycles. The topological polar surface area (TPSA) is 41.5 Å². The molecule has 2 atom stereocenters. The van der Waals surface area contributed by atoms with Gasteiger partial charge in [-0.25, -0.2) is 0 Å². The second-order valence-electron chi connectivity index (χ2n) is 3.54. The van der Waals surface area contributed by atoms with Crippen LogP contribution in [-0.2, 0) is 4.74 Å². The van der Waals surface area contributed by atoms with E-state index in [0.717, 1.165) is 25.0 Å². The van der Waals surface area contributed by atoms with Crippen LogP contribution in [0, 0.1) is 0 Å². The highest BCUT2D eigenvalue weighted by Crippen LogP contribution is 2.20. The predicted molar refractivity (Wildman–Crippen MR) is 50.0 cm³/mol. The molecule has 2 aliphatic rings. The van der Waals surface area contributed by atoms with Gasteiger partial charge in [0.25, 0.3) is 0 Å². The van der Waals surface area contributed by atoms with Gasteiger partial charge in [-0.15, -0.1) is 0 Å². The summed E-state index contributed by atoms with van der Waals surface area (Å²) in [6.45, 7) is 0.627. The summed E-state index contributed by atoms with van der Waals surface area (Å²) in [6, 6.07) is 0.231. The number of allylic oxidation sites excluding steroid dienone is 1. The van der Waals surface area contributed by atoms with E-state index in [4.69, 9.17) is 4.74 Å². The maximum atomic E-state index is 9.57. The van der Waals surface area contributed by atoms with Crippen molar-refractivity contribution in [1.82, 2.24) is 5.32 Å². The Kier molecular flexibility index (Phi) is 2.54. The average Bonchev–Trinajstić information content (AvgIpc) is 2.54. The number of aliphatic hydroxyl groups excluding tert-OH is 1. The van der Waals surface area contributed by atoms with Gasteiger partial charge in [0, 0.05) is 5.70 Å². The van der Waals surface area contributed by atoms with Crippen LogP contribution in [0.5, 0.6) is 0 Å². The van der Waals surface area contributed by atoms with Crippen molar-refractivity contribution < 1.29 is 9.84 Å². The highest BCUT2D eigenvalue weighted by molar-refractivity contribution is 5.19. The highest BCUT2D eigenvalue weighted by atomic mass is 16.5. The summed E-state index contributed by atoms with van der Waals surface area (Å²) in [5, 5.41) is 12.9. The van der Waals surface area contributed by atoms with Gasteiger partial charge in [0.15, 0.2) is 0 Å². The Morgan fingerprint density at radius 2 is 2.38 bits per heavy atom. The highest BCUT2D eigenvalue weighted by Gasteiger charge is 2.24. The van der Waals surface area contributed by atoms with E-state index >= 15 is 0 Å². The van der Waals surface area contributed by atoms with Gasteiger partial charge < -0.3 is 15.2 Å². The van der Waals surface area contributed by atoms with Gasteiger partial charge in [0.05, 0.1) is 18.4 Å². The summed E-state index contributed by atoms with van der Waals surface area (Å²) in [7, 11) is 0. The second kappa shape index (κ2) is 3.83. The zero-order valence-corrected chi connectivity index (χ0v) is 7.57. The minimum absolute atomic E-state index is 0.183. The Balaban J connectivity index is 1.89. The third kappa shape index (κ3) is 2.04. The van der Waals surface area contributed by atoms with Crippen molar-refractivity contribution in [3.8, 4) is 0 Å². The molecule has 1 fully saturated rings. The fourth-order valence-corrected chi connectivity index (χ4v) is 1.81. The number of hydrogen-bond donors (Lipinski definition) is 2. The first-order chi connectivity index (χ1) is 6.36. The molecule has 1 saturated carbocycles. The van der Waals surface area contributed by atoms with E-state index in [9.17, 15) is 5.11 Å². The van der Waals surface area contributed by atoms with Crippen LogP contribution in [0.3, 0.4) is 0 Å². The van der Waals surface area contributed by atoms with E-state index in [1.54, 1.807) is 6.26 Å². The lowest BCUT2D eigenvalue weighted by atomic mass is 10.2. The smallest absolute Gasteiger partial charge is 0.108 e. The molecule has 2 rings (SSSR count). The summed E-state index contributed by atoms with van der Waals surface area (Å²) < 4.78 is 5.03. The van der Waals surface area contributed by atoms with Crippen LogP contribution >= 0.6 is 0 Å². The van der Waals surface area contributed by atoms with Gasteiger partial charge in [-0.3, -0.25) is 0 Å². The molecule has 1 aliphatic heterocycles. The maximum Gasteiger partial charge on any atom is 0.108 e. The molecular formula is C10H15NO2. The normalized spacial score (nSPS) is 32.5. The van der Waals surface area contributed by atoms with Crippen LogP contribution in [-0.4, -0.2) is 23.9 Å². The Bertz CT molecular complexity index is 235. The zero-order chi connectivity index (χ0) is 9.10. The van der Waals surface area contributed by atoms with Crippen LogP contribution in [0.15, 0.2) is 24.1 Å². The molecule has 0 saturated heterocycles. The third-order valence-corrected chi connectivity index (χ3v) is 2.57. The Hall–Kier alpha value is -0.960. The maximum absolute atomic E-state index is 9.57. The van der Waals surface area contributed by atoms with E-state index in [1.165, 1.54) is 0 Å². The molecule has 0 aromatic rings. The van der Waals surface area contributed by atoms with E-state index in [0.29, 0.717) is 6.61 Å². The first kappa shape index (κ1) is 8.63. The summed E-state index contributed by atoms with van der Waals surface area (Å²) >= 11 is 0. The first-order valence-corrected chi connectivity index (χ1v) is 4.79. The molecule has 0 aromatic carbocycles. The van der Waals surface area contributed by atoms with E-state index in [2.05, 4.69) is 5.32 Å². The number of nitrogens with one attached hydrogen (secondary N) is 1. The van der Waals surface area contributed by atoms with Gasteiger partial charge >= 0.3 is 0 Å². The quantitative estimate of drug-likeness (QED) is 0.665. The monoisotopic (exact) mass is 181 g/mol. The van der Waals surface area contributed by atoms with Crippen LogP contribution < -0.4 is 5.32 Å². The molecule has 1 aliphatic carbocycles. The number of hydrogen-bond acceptors (Lipinski definition) is 3. The number of ether oxygens (including phenoxy) is 1. The molecule has 0 radical (unpaired) electrons. The first-order valence-electron chi connectivity index (χ1n) is 4.79. The third-order valence-electron chi connectivity index (χ3n) is 2.57. The Morgan fingerprint density at radius 3 is 3.00 bits per heavy atom. The van der Waals surface area contributed by atoms with Crippen LogP contribution in [0.2, 0.25) is 0 Å². The van der Waals surface area contributed by atoms with Crippen molar-refractivity contribution in [3.63, 3.8) is 0 Å². The molecule has 0 aromatic heterocycles. The summed E-state index contributed by atoms with van der Waals surface area (Å²) in [6.07, 6.45) is 8.49. The van der Waals surface area contributed by atoms with Gasteiger partial charge in [0.1, 0.15) is 6.61 Å². The van der Waals surface area contributed by atoms with E-state index < -0.39 is 0 Å². The van der Waals surface area contributed by atoms with Gasteiger partial charge in [-0.2, -0.15) is 0 Å². The lowest BCUT2D eigenvalue weighted by Gasteiger charge is -2.19. The molecule has 0 unspecified atom stereocenters. The van der Waals surface area contributed by atoms with E-state index in [-0.39, 0.29) is 12.1 Å². The lowest BCUT2D eigenvalue weighted by molar-refractivity contribution is 0.154. The minimum Gasteiger partial charge on any atom is -0.497 e. The SMILES string of the molecule is O[C@@H]1CCC[C@H]1NC1=CCOC=C1. The van der Waals surface area contributed by atoms with Crippen LogP contribution in [0.1, 0.15) is 19.3 Å². The van der Waals surface area contributed by atoms with Gasteiger partial charge in [-0.1, -0.05) is 0 Å². The number of rotatable bonds is 2. The molecule has 2 N–H and O–H groups in total. The van der Waals surface area contributed by atoms with Crippen molar-refractivity contribution in [3.05, 3.63) is 24.1 Å². The number of aliphatic hydroxyl groups is 1. The largest absolute Gasteiger partial charge is 0.497 e. The van der Waals surface area contributed by atoms with Gasteiger partial charge in [-0.05, 0) is 31.4 Å². The second-order valence-corrected chi connectivity index (χ2v) is 3.54. The van der Waals surface area contributed by atoms with Crippen molar-refractivity contribution in [2.24, 2.45) is 0 Å². The predicted octanol–water partition coefficient (Wildman–Crippen LogP) is 0.917. The zero-order valence-electron chi connectivity index (χ0n) is 7.57. The average molecular weight is 181 g/mol. The molecule has 0 spiro atoms. The standard InChI is InChI=1S/C10H15NO2/c12-10-3-1-2-9(10)11-8-4-6-13-7-5-8/h4-6,9-12H,1-3,7H2/t9-,10-/m1/s1. The Morgan fingerprint density at radius 1 is 1.46 bits per heavy atom. The molecular weight excluding hydrogens is 166 g/mol. The van der Waals surface area contributed by atoms with Crippen molar-refractivity contribution >= 4 is 0 Å². The van der Waals surface area contributed by atoms with Crippen molar-refractivity contribution in [2.75, 3.05) is 6.61 Å². The minimum atomic E-state index is -0.183. The van der Waals surface area contributed by atoms with E-state index in [1.807, 2.05) is 12.2 Å². The van der Waals surface area contributed by atoms with Crippen molar-refractivity contribution in [1.29, 1.82) is 0 Å². The summed E-state index contributed by atoms with van der Waals surface area (Å²) in [5.74, 6) is 0. The van der Waals surface area contributed by atoms with Gasteiger partial charge in [0.2, 0.25) is 0 Å². The molecule has 72 valence electrons. The summed E-state index contributed by atoms with van der Waals surface area (Å²) in [5.41, 5.74) is 1.07. The fourth-order valence-electron chi connectivity index (χ4n) is 1.81. The molecule has 3 heteroatoms. The molecule has 3 nitrogen and oxygen atoms in total. The van der Waals surface area contributed by atoms with Crippen LogP contribution in [0.4, 0.5) is 0 Å². The molecule has 0 amide bonds. The Labute approximate surface area is 78.1 Å². The van der Waals surface area contributed by atoms with Crippen molar-refractivity contribution in [2.45, 2.75) is 31.4 Å². The molecule has 0 bridgehead atoms.